The van der Waals surface area contributed by atoms with E-state index < -0.39 is 0 Å². The lowest BCUT2D eigenvalue weighted by Gasteiger charge is -2.05. The normalized spacial score (nSPS) is 10.9. The number of rotatable bonds is 19. The third kappa shape index (κ3) is 19.4. The van der Waals surface area contributed by atoms with Gasteiger partial charge in [0.1, 0.15) is 0 Å². The van der Waals surface area contributed by atoms with E-state index in [2.05, 4.69) is 17.1 Å². The molecule has 0 atom stereocenters. The Kier molecular flexibility index (Phi) is 19.9. The number of hydrogen-bond donors (Lipinski definition) is 2. The fraction of sp³-hybridized carbons (Fsp3) is 0.950. The van der Waals surface area contributed by atoms with Gasteiger partial charge in [-0.15, -0.1) is 0 Å². The maximum atomic E-state index is 11.4. The van der Waals surface area contributed by atoms with Crippen LogP contribution in [0.2, 0.25) is 0 Å². The molecule has 0 aromatic rings. The van der Waals surface area contributed by atoms with Crippen molar-refractivity contribution in [2.24, 2.45) is 5.90 Å². The number of carbonyl (C=O) groups excluding carboxylic acids is 1. The van der Waals surface area contributed by atoms with Gasteiger partial charge in [-0.2, -0.15) is 0 Å². The molecule has 1 amide bonds. The zero-order valence-corrected chi connectivity index (χ0v) is 16.1. The van der Waals surface area contributed by atoms with Crippen LogP contribution in [0.5, 0.6) is 0 Å². The van der Waals surface area contributed by atoms with Gasteiger partial charge in [-0.3, -0.25) is 4.79 Å². The van der Waals surface area contributed by atoms with Gasteiger partial charge in [0.05, 0.1) is 6.61 Å². The maximum Gasteiger partial charge on any atom is 0.220 e. The molecule has 144 valence electrons. The number of nitrogens with two attached hydrogens (primary N) is 1. The molecule has 0 aromatic carbocycles. The van der Waals surface area contributed by atoms with Gasteiger partial charge < -0.3 is 10.2 Å². The number of amides is 1. The topological polar surface area (TPSA) is 64.3 Å². The van der Waals surface area contributed by atoms with E-state index in [-0.39, 0.29) is 5.91 Å². The molecule has 0 saturated heterocycles. The fourth-order valence-corrected chi connectivity index (χ4v) is 2.99. The molecule has 0 radical (unpaired) electrons. The number of hydrogen-bond acceptors (Lipinski definition) is 3. The third-order valence-corrected chi connectivity index (χ3v) is 4.55. The minimum atomic E-state index is 0.113. The Labute approximate surface area is 150 Å². The summed E-state index contributed by atoms with van der Waals surface area (Å²) in [5.41, 5.74) is 0. The van der Waals surface area contributed by atoms with Crippen LogP contribution in [-0.4, -0.2) is 19.1 Å². The number of unbranched alkanes of at least 4 members (excludes halogenated alkanes) is 14. The highest BCUT2D eigenvalue weighted by atomic mass is 16.6. The van der Waals surface area contributed by atoms with Crippen LogP contribution in [0.15, 0.2) is 0 Å². The van der Waals surface area contributed by atoms with Crippen LogP contribution in [0.3, 0.4) is 0 Å². The van der Waals surface area contributed by atoms with Gasteiger partial charge >= 0.3 is 0 Å². The van der Waals surface area contributed by atoms with E-state index in [4.69, 9.17) is 5.90 Å². The van der Waals surface area contributed by atoms with Crippen molar-refractivity contribution >= 4 is 5.91 Å². The minimum absolute atomic E-state index is 0.113. The third-order valence-electron chi connectivity index (χ3n) is 4.55. The molecular formula is C20H42N2O2. The maximum absolute atomic E-state index is 11.4. The van der Waals surface area contributed by atoms with Crippen LogP contribution < -0.4 is 11.2 Å². The first-order chi connectivity index (χ1) is 11.8. The van der Waals surface area contributed by atoms with Gasteiger partial charge in [0, 0.05) is 13.0 Å². The van der Waals surface area contributed by atoms with Gasteiger partial charge in [0.2, 0.25) is 5.91 Å². The molecule has 0 aliphatic rings. The summed E-state index contributed by atoms with van der Waals surface area (Å²) in [4.78, 5) is 15.9. The summed E-state index contributed by atoms with van der Waals surface area (Å²) in [7, 11) is 0. The number of nitrogens with one attached hydrogen (secondary N) is 1. The smallest absolute Gasteiger partial charge is 0.220 e. The standard InChI is InChI=1S/C20H42N2O2/c1-2-3-4-5-6-7-8-9-10-11-12-13-14-15-16-17-20(23)22-18-19-24-21/h2-19,21H2,1H3,(H,22,23). The van der Waals surface area contributed by atoms with E-state index in [1.165, 1.54) is 89.9 Å². The second-order valence-corrected chi connectivity index (χ2v) is 6.92. The molecule has 0 saturated carbocycles. The van der Waals surface area contributed by atoms with E-state index in [1.54, 1.807) is 0 Å². The van der Waals surface area contributed by atoms with Crippen molar-refractivity contribution in [3.8, 4) is 0 Å². The minimum Gasteiger partial charge on any atom is -0.354 e. The SMILES string of the molecule is CCCCCCCCCCCCCCCCCC(=O)NCCON. The average molecular weight is 343 g/mol. The highest BCUT2D eigenvalue weighted by molar-refractivity contribution is 5.75. The fourth-order valence-electron chi connectivity index (χ4n) is 2.99. The molecule has 0 bridgehead atoms. The van der Waals surface area contributed by atoms with E-state index in [0.29, 0.717) is 19.6 Å². The first-order valence-electron chi connectivity index (χ1n) is 10.4. The van der Waals surface area contributed by atoms with Crippen LogP contribution in [0.4, 0.5) is 0 Å². The summed E-state index contributed by atoms with van der Waals surface area (Å²) in [5, 5.41) is 2.79. The number of carbonyl (C=O) groups is 1. The zero-order chi connectivity index (χ0) is 17.7. The zero-order valence-electron chi connectivity index (χ0n) is 16.1. The molecule has 0 unspecified atom stereocenters. The Morgan fingerprint density at radius 3 is 1.58 bits per heavy atom. The molecule has 0 heterocycles. The second kappa shape index (κ2) is 20.4. The molecule has 0 aromatic heterocycles. The van der Waals surface area contributed by atoms with E-state index in [1.807, 2.05) is 0 Å². The molecule has 24 heavy (non-hydrogen) atoms. The van der Waals surface area contributed by atoms with Crippen LogP contribution in [0, 0.1) is 0 Å². The molecule has 0 aliphatic heterocycles. The summed E-state index contributed by atoms with van der Waals surface area (Å²) in [6.07, 6.45) is 20.8. The largest absolute Gasteiger partial charge is 0.354 e. The lowest BCUT2D eigenvalue weighted by molar-refractivity contribution is -0.121. The summed E-state index contributed by atoms with van der Waals surface area (Å²) in [6.45, 7) is 3.16. The van der Waals surface area contributed by atoms with Crippen molar-refractivity contribution in [1.29, 1.82) is 0 Å². The summed E-state index contributed by atoms with van der Waals surface area (Å²) in [5.74, 6) is 5.01. The Morgan fingerprint density at radius 2 is 1.17 bits per heavy atom. The first kappa shape index (κ1) is 23.4. The van der Waals surface area contributed by atoms with Gasteiger partial charge in [-0.1, -0.05) is 96.8 Å². The van der Waals surface area contributed by atoms with Crippen molar-refractivity contribution in [2.75, 3.05) is 13.2 Å². The molecule has 0 fully saturated rings. The Morgan fingerprint density at radius 1 is 0.750 bits per heavy atom. The summed E-state index contributed by atoms with van der Waals surface area (Å²) < 4.78 is 0. The van der Waals surface area contributed by atoms with Crippen molar-refractivity contribution in [2.45, 2.75) is 110 Å². The van der Waals surface area contributed by atoms with E-state index in [9.17, 15) is 4.79 Å². The van der Waals surface area contributed by atoms with Crippen molar-refractivity contribution < 1.29 is 9.63 Å². The van der Waals surface area contributed by atoms with Crippen LogP contribution in [0.1, 0.15) is 110 Å². The highest BCUT2D eigenvalue weighted by Gasteiger charge is 2.00. The van der Waals surface area contributed by atoms with Crippen LogP contribution in [0.25, 0.3) is 0 Å². The van der Waals surface area contributed by atoms with Crippen molar-refractivity contribution in [3.63, 3.8) is 0 Å². The van der Waals surface area contributed by atoms with Gasteiger partial charge in [-0.05, 0) is 6.42 Å². The summed E-state index contributed by atoms with van der Waals surface area (Å²) >= 11 is 0. The Balaban J connectivity index is 3.06. The van der Waals surface area contributed by atoms with Gasteiger partial charge in [0.15, 0.2) is 0 Å². The molecular weight excluding hydrogens is 300 g/mol. The highest BCUT2D eigenvalue weighted by Crippen LogP contribution is 2.13. The van der Waals surface area contributed by atoms with Gasteiger partial charge in [-0.25, -0.2) is 5.90 Å². The predicted octanol–water partition coefficient (Wildman–Crippen LogP) is 5.25. The van der Waals surface area contributed by atoms with Crippen molar-refractivity contribution in [3.05, 3.63) is 0 Å². The van der Waals surface area contributed by atoms with Gasteiger partial charge in [0.25, 0.3) is 0 Å². The monoisotopic (exact) mass is 342 g/mol. The quantitative estimate of drug-likeness (QED) is 0.249. The molecule has 4 nitrogen and oxygen atoms in total. The average Bonchev–Trinajstić information content (AvgIpc) is 2.58. The van der Waals surface area contributed by atoms with Crippen LogP contribution >= 0.6 is 0 Å². The lowest BCUT2D eigenvalue weighted by Crippen LogP contribution is -2.27. The molecule has 4 heteroatoms. The van der Waals surface area contributed by atoms with Crippen molar-refractivity contribution in [1.82, 2.24) is 5.32 Å². The molecule has 0 spiro atoms. The first-order valence-corrected chi connectivity index (χ1v) is 10.4. The molecule has 3 N–H and O–H groups in total. The second-order valence-electron chi connectivity index (χ2n) is 6.92. The van der Waals surface area contributed by atoms with E-state index >= 15 is 0 Å². The molecule has 0 aliphatic carbocycles. The Bertz CT molecular complexity index is 260. The van der Waals surface area contributed by atoms with E-state index in [0.717, 1.165) is 6.42 Å². The Hall–Kier alpha value is -0.610. The molecule has 0 rings (SSSR count). The lowest BCUT2D eigenvalue weighted by atomic mass is 10.0. The summed E-state index contributed by atoms with van der Waals surface area (Å²) in [6, 6.07) is 0. The predicted molar refractivity (Wildman–Crippen MR) is 103 cm³/mol. The van der Waals surface area contributed by atoms with Crippen LogP contribution in [-0.2, 0) is 9.63 Å².